The zero-order chi connectivity index (χ0) is 14.7. The monoisotopic (exact) mass is 339 g/mol. The summed E-state index contributed by atoms with van der Waals surface area (Å²) in [4.78, 5) is 0. The van der Waals surface area contributed by atoms with Gasteiger partial charge in [-0.3, -0.25) is 0 Å². The molecule has 1 N–H and O–H groups in total. The van der Waals surface area contributed by atoms with E-state index in [2.05, 4.69) is 21.2 Å². The molecule has 6 heteroatoms. The van der Waals surface area contributed by atoms with Gasteiger partial charge >= 0.3 is 6.18 Å². The van der Waals surface area contributed by atoms with E-state index >= 15 is 0 Å². The van der Waals surface area contributed by atoms with Gasteiger partial charge in [-0.05, 0) is 44.5 Å². The molecule has 2 nitrogen and oxygen atoms in total. The largest absolute Gasteiger partial charge is 0.484 e. The molecule has 1 aromatic rings. The van der Waals surface area contributed by atoms with Crippen LogP contribution in [-0.4, -0.2) is 18.3 Å². The van der Waals surface area contributed by atoms with Crippen LogP contribution in [0.3, 0.4) is 0 Å². The molecule has 0 unspecified atom stereocenters. The molecule has 0 aliphatic rings. The van der Waals surface area contributed by atoms with E-state index in [1.54, 1.807) is 12.1 Å². The second-order valence-corrected chi connectivity index (χ2v) is 6.11. The van der Waals surface area contributed by atoms with E-state index in [4.69, 9.17) is 4.74 Å². The Morgan fingerprint density at radius 2 is 1.84 bits per heavy atom. The van der Waals surface area contributed by atoms with Gasteiger partial charge in [0.15, 0.2) is 6.61 Å². The highest BCUT2D eigenvalue weighted by molar-refractivity contribution is 9.10. The number of hydrogen-bond acceptors (Lipinski definition) is 2. The molecule has 0 amide bonds. The van der Waals surface area contributed by atoms with E-state index in [1.165, 1.54) is 6.07 Å². The minimum Gasteiger partial charge on any atom is -0.484 e. The number of nitrogens with one attached hydrogen (secondary N) is 1. The molecule has 0 spiro atoms. The third kappa shape index (κ3) is 6.82. The molecule has 0 bridgehead atoms. The van der Waals surface area contributed by atoms with Crippen molar-refractivity contribution in [2.75, 3.05) is 6.61 Å². The number of halogens is 4. The molecule has 1 rings (SSSR count). The van der Waals surface area contributed by atoms with Crippen molar-refractivity contribution in [3.05, 3.63) is 28.2 Å². The fourth-order valence-corrected chi connectivity index (χ4v) is 1.69. The summed E-state index contributed by atoms with van der Waals surface area (Å²) in [7, 11) is 0. The van der Waals surface area contributed by atoms with Gasteiger partial charge in [0.2, 0.25) is 0 Å². The summed E-state index contributed by atoms with van der Waals surface area (Å²) >= 11 is 3.37. The fraction of sp³-hybridized carbons (Fsp3) is 0.538. The number of benzene rings is 1. The minimum atomic E-state index is -4.32. The van der Waals surface area contributed by atoms with Crippen molar-refractivity contribution < 1.29 is 17.9 Å². The second kappa shape index (κ2) is 6.13. The maximum Gasteiger partial charge on any atom is 0.422 e. The highest BCUT2D eigenvalue weighted by Crippen LogP contribution is 2.25. The van der Waals surface area contributed by atoms with Crippen LogP contribution in [0.4, 0.5) is 13.2 Å². The van der Waals surface area contributed by atoms with Gasteiger partial charge in [-0.25, -0.2) is 0 Å². The van der Waals surface area contributed by atoms with E-state index in [1.807, 2.05) is 20.8 Å². The average Bonchev–Trinajstić information content (AvgIpc) is 2.24. The summed E-state index contributed by atoms with van der Waals surface area (Å²) in [6.45, 7) is 5.33. The first-order valence-corrected chi connectivity index (χ1v) is 6.59. The fourth-order valence-electron chi connectivity index (χ4n) is 1.30. The van der Waals surface area contributed by atoms with Gasteiger partial charge in [0.1, 0.15) is 5.75 Å². The Hall–Kier alpha value is -0.750. The van der Waals surface area contributed by atoms with Gasteiger partial charge in [-0.2, -0.15) is 13.2 Å². The minimum absolute atomic E-state index is 0.0672. The van der Waals surface area contributed by atoms with Crippen LogP contribution in [0.1, 0.15) is 26.3 Å². The standard InChI is InChI=1S/C13H17BrF3NO/c1-12(2,3)18-7-9-6-10(4-5-11(9)14)19-8-13(15,16)17/h4-6,18H,7-8H2,1-3H3. The molecule has 19 heavy (non-hydrogen) atoms. The first kappa shape index (κ1) is 16.3. The van der Waals surface area contributed by atoms with Crippen LogP contribution in [-0.2, 0) is 6.54 Å². The second-order valence-electron chi connectivity index (χ2n) is 5.26. The Balaban J connectivity index is 2.71. The molecule has 0 saturated heterocycles. The Kier molecular flexibility index (Phi) is 5.26. The Labute approximate surface area is 119 Å². The summed E-state index contributed by atoms with van der Waals surface area (Å²) in [6.07, 6.45) is -4.32. The first-order chi connectivity index (χ1) is 8.57. The molecule has 0 aromatic heterocycles. The van der Waals surface area contributed by atoms with Gasteiger partial charge < -0.3 is 10.1 Å². The topological polar surface area (TPSA) is 21.3 Å². The van der Waals surface area contributed by atoms with Crippen molar-refractivity contribution in [2.24, 2.45) is 0 Å². The predicted octanol–water partition coefficient (Wildman–Crippen LogP) is 4.28. The molecule has 0 atom stereocenters. The summed E-state index contributed by atoms with van der Waals surface area (Å²) < 4.78 is 41.8. The molecule has 0 heterocycles. The van der Waals surface area contributed by atoms with Crippen molar-refractivity contribution in [3.8, 4) is 5.75 Å². The van der Waals surface area contributed by atoms with Gasteiger partial charge in [0.25, 0.3) is 0 Å². The van der Waals surface area contributed by atoms with E-state index in [9.17, 15) is 13.2 Å². The van der Waals surface area contributed by atoms with Gasteiger partial charge in [-0.1, -0.05) is 15.9 Å². The molecule has 0 radical (unpaired) electrons. The molecule has 0 saturated carbocycles. The van der Waals surface area contributed by atoms with Crippen LogP contribution in [0.2, 0.25) is 0 Å². The smallest absolute Gasteiger partial charge is 0.422 e. The molecular weight excluding hydrogens is 323 g/mol. The van der Waals surface area contributed by atoms with Crippen LogP contribution < -0.4 is 10.1 Å². The Morgan fingerprint density at radius 1 is 1.21 bits per heavy atom. The summed E-state index contributed by atoms with van der Waals surface area (Å²) in [6, 6.07) is 4.80. The predicted molar refractivity (Wildman–Crippen MR) is 72.3 cm³/mol. The zero-order valence-electron chi connectivity index (χ0n) is 11.1. The SMILES string of the molecule is CC(C)(C)NCc1cc(OCC(F)(F)F)ccc1Br. The summed E-state index contributed by atoms with van der Waals surface area (Å²) in [5.74, 6) is 0.214. The lowest BCUT2D eigenvalue weighted by molar-refractivity contribution is -0.153. The Bertz CT molecular complexity index is 427. The van der Waals surface area contributed by atoms with Crippen LogP contribution in [0.15, 0.2) is 22.7 Å². The molecule has 1 aromatic carbocycles. The highest BCUT2D eigenvalue weighted by atomic mass is 79.9. The van der Waals surface area contributed by atoms with Crippen molar-refractivity contribution in [1.82, 2.24) is 5.32 Å². The number of hydrogen-bond donors (Lipinski definition) is 1. The normalized spacial score (nSPS) is 12.6. The Morgan fingerprint density at radius 3 is 2.37 bits per heavy atom. The summed E-state index contributed by atoms with van der Waals surface area (Å²) in [5, 5.41) is 3.27. The van der Waals surface area contributed by atoms with Crippen LogP contribution in [0.25, 0.3) is 0 Å². The van der Waals surface area contributed by atoms with Crippen molar-refractivity contribution in [1.29, 1.82) is 0 Å². The van der Waals surface area contributed by atoms with Crippen LogP contribution in [0.5, 0.6) is 5.75 Å². The van der Waals surface area contributed by atoms with Gasteiger partial charge in [0, 0.05) is 16.6 Å². The van der Waals surface area contributed by atoms with E-state index in [0.29, 0.717) is 6.54 Å². The number of alkyl halides is 3. The molecule has 108 valence electrons. The number of ether oxygens (including phenoxy) is 1. The van der Waals surface area contributed by atoms with Gasteiger partial charge in [0.05, 0.1) is 0 Å². The van der Waals surface area contributed by atoms with Crippen LogP contribution in [0, 0.1) is 0 Å². The third-order valence-electron chi connectivity index (χ3n) is 2.23. The lowest BCUT2D eigenvalue weighted by Gasteiger charge is -2.21. The first-order valence-electron chi connectivity index (χ1n) is 5.80. The zero-order valence-corrected chi connectivity index (χ0v) is 12.7. The third-order valence-corrected chi connectivity index (χ3v) is 3.00. The van der Waals surface area contributed by atoms with E-state index in [0.717, 1.165) is 10.0 Å². The van der Waals surface area contributed by atoms with Gasteiger partial charge in [-0.15, -0.1) is 0 Å². The lowest BCUT2D eigenvalue weighted by Crippen LogP contribution is -2.35. The van der Waals surface area contributed by atoms with Crippen LogP contribution >= 0.6 is 15.9 Å². The van der Waals surface area contributed by atoms with Crippen molar-refractivity contribution in [2.45, 2.75) is 39.0 Å². The average molecular weight is 340 g/mol. The number of rotatable bonds is 4. The van der Waals surface area contributed by atoms with Crippen molar-refractivity contribution in [3.63, 3.8) is 0 Å². The summed E-state index contributed by atoms with van der Waals surface area (Å²) in [5.41, 5.74) is 0.789. The molecule has 0 aliphatic carbocycles. The van der Waals surface area contributed by atoms with E-state index in [-0.39, 0.29) is 11.3 Å². The van der Waals surface area contributed by atoms with E-state index < -0.39 is 12.8 Å². The maximum atomic E-state index is 12.1. The molecular formula is C13H17BrF3NO. The highest BCUT2D eigenvalue weighted by Gasteiger charge is 2.28. The molecule has 0 aliphatic heterocycles. The maximum absolute atomic E-state index is 12.1. The van der Waals surface area contributed by atoms with Crippen molar-refractivity contribution >= 4 is 15.9 Å². The quantitative estimate of drug-likeness (QED) is 0.883. The molecule has 0 fully saturated rings. The lowest BCUT2D eigenvalue weighted by atomic mass is 10.1.